The average Bonchev–Trinajstić information content (AvgIpc) is 3.18. The van der Waals surface area contributed by atoms with Crippen molar-refractivity contribution in [2.75, 3.05) is 5.88 Å². The topological polar surface area (TPSA) is 29.1 Å². The van der Waals surface area contributed by atoms with Crippen molar-refractivity contribution in [2.45, 2.75) is 37.6 Å². The van der Waals surface area contributed by atoms with Crippen LogP contribution in [0.1, 0.15) is 30.4 Å². The molecule has 2 aliphatic carbocycles. The van der Waals surface area contributed by atoms with Crippen molar-refractivity contribution in [3.05, 3.63) is 35.4 Å². The molecule has 18 heavy (non-hydrogen) atoms. The SMILES string of the molecule is O=C(NC1(CCl)CC1)C1CCc2ccccc2C1. The molecule has 0 saturated heterocycles. The highest BCUT2D eigenvalue weighted by molar-refractivity contribution is 6.19. The van der Waals surface area contributed by atoms with Crippen LogP contribution in [-0.2, 0) is 17.6 Å². The first-order chi connectivity index (χ1) is 8.72. The molecule has 0 heterocycles. The van der Waals surface area contributed by atoms with Crippen LogP contribution in [0, 0.1) is 5.92 Å². The van der Waals surface area contributed by atoms with Crippen molar-refractivity contribution in [3.8, 4) is 0 Å². The number of rotatable bonds is 3. The van der Waals surface area contributed by atoms with Crippen LogP contribution in [-0.4, -0.2) is 17.3 Å². The summed E-state index contributed by atoms with van der Waals surface area (Å²) in [6.45, 7) is 0. The number of hydrogen-bond donors (Lipinski definition) is 1. The number of aryl methyl sites for hydroxylation is 1. The Hall–Kier alpha value is -1.02. The van der Waals surface area contributed by atoms with Gasteiger partial charge in [0.25, 0.3) is 0 Å². The van der Waals surface area contributed by atoms with E-state index in [4.69, 9.17) is 11.6 Å². The highest BCUT2D eigenvalue weighted by atomic mass is 35.5. The van der Waals surface area contributed by atoms with Crippen molar-refractivity contribution < 1.29 is 4.79 Å². The van der Waals surface area contributed by atoms with Crippen LogP contribution in [0.4, 0.5) is 0 Å². The van der Waals surface area contributed by atoms with Crippen LogP contribution >= 0.6 is 11.6 Å². The van der Waals surface area contributed by atoms with Gasteiger partial charge in [-0.15, -0.1) is 11.6 Å². The third-order valence-electron chi connectivity index (χ3n) is 4.22. The molecule has 3 heteroatoms. The van der Waals surface area contributed by atoms with E-state index in [0.29, 0.717) is 5.88 Å². The summed E-state index contributed by atoms with van der Waals surface area (Å²) in [4.78, 5) is 12.3. The lowest BCUT2D eigenvalue weighted by molar-refractivity contribution is -0.126. The second kappa shape index (κ2) is 4.58. The molecule has 1 saturated carbocycles. The molecule has 1 amide bonds. The lowest BCUT2D eigenvalue weighted by atomic mass is 9.83. The van der Waals surface area contributed by atoms with Gasteiger partial charge in [-0.2, -0.15) is 0 Å². The van der Waals surface area contributed by atoms with E-state index in [1.54, 1.807) is 0 Å². The largest absolute Gasteiger partial charge is 0.349 e. The standard InChI is InChI=1S/C15H18ClNO/c16-10-15(7-8-15)17-14(18)13-6-5-11-3-1-2-4-12(11)9-13/h1-4,13H,5-10H2,(H,17,18). The summed E-state index contributed by atoms with van der Waals surface area (Å²) in [5, 5.41) is 3.15. The van der Waals surface area contributed by atoms with Crippen LogP contribution < -0.4 is 5.32 Å². The van der Waals surface area contributed by atoms with Gasteiger partial charge in [-0.25, -0.2) is 0 Å². The minimum atomic E-state index is -0.0738. The molecule has 1 unspecified atom stereocenters. The van der Waals surface area contributed by atoms with E-state index in [-0.39, 0.29) is 17.4 Å². The Morgan fingerprint density at radius 1 is 1.33 bits per heavy atom. The number of alkyl halides is 1. The number of benzene rings is 1. The van der Waals surface area contributed by atoms with Crippen molar-refractivity contribution >= 4 is 17.5 Å². The number of carbonyl (C=O) groups excluding carboxylic acids is 1. The Kier molecular flexibility index (Phi) is 3.06. The zero-order chi connectivity index (χ0) is 12.6. The third-order valence-corrected chi connectivity index (χ3v) is 4.73. The molecule has 1 aromatic carbocycles. The van der Waals surface area contributed by atoms with Crippen molar-refractivity contribution in [3.63, 3.8) is 0 Å². The molecule has 0 radical (unpaired) electrons. The predicted octanol–water partition coefficient (Wildman–Crippen LogP) is 2.68. The third kappa shape index (κ3) is 2.26. The molecule has 0 aromatic heterocycles. The summed E-state index contributed by atoms with van der Waals surface area (Å²) in [6, 6.07) is 8.44. The molecular weight excluding hydrogens is 246 g/mol. The fourth-order valence-corrected chi connectivity index (χ4v) is 3.06. The van der Waals surface area contributed by atoms with Crippen LogP contribution in [0.3, 0.4) is 0 Å². The van der Waals surface area contributed by atoms with Gasteiger partial charge in [0.2, 0.25) is 5.91 Å². The van der Waals surface area contributed by atoms with E-state index in [2.05, 4.69) is 29.6 Å². The van der Waals surface area contributed by atoms with Gasteiger partial charge in [0.05, 0.1) is 5.54 Å². The Morgan fingerprint density at radius 3 is 2.72 bits per heavy atom. The Labute approximate surface area is 113 Å². The first kappa shape index (κ1) is 12.0. The summed E-state index contributed by atoms with van der Waals surface area (Å²) in [5.41, 5.74) is 2.66. The molecule has 0 aliphatic heterocycles. The van der Waals surface area contributed by atoms with Gasteiger partial charge in [0, 0.05) is 11.8 Å². The van der Waals surface area contributed by atoms with Crippen LogP contribution in [0.5, 0.6) is 0 Å². The molecule has 1 N–H and O–H groups in total. The molecule has 1 aromatic rings. The number of halogens is 1. The zero-order valence-corrected chi connectivity index (χ0v) is 11.2. The summed E-state index contributed by atoms with van der Waals surface area (Å²) < 4.78 is 0. The minimum absolute atomic E-state index is 0.0738. The molecular formula is C15H18ClNO. The summed E-state index contributed by atoms with van der Waals surface area (Å²) in [5.74, 6) is 0.866. The molecule has 2 aliphatic rings. The molecule has 0 bridgehead atoms. The highest BCUT2D eigenvalue weighted by Crippen LogP contribution is 2.37. The normalized spacial score (nSPS) is 24.2. The van der Waals surface area contributed by atoms with Gasteiger partial charge in [-0.1, -0.05) is 24.3 Å². The quantitative estimate of drug-likeness (QED) is 0.835. The van der Waals surface area contributed by atoms with E-state index in [0.717, 1.165) is 32.1 Å². The second-order valence-electron chi connectivity index (χ2n) is 5.61. The Morgan fingerprint density at radius 2 is 2.06 bits per heavy atom. The van der Waals surface area contributed by atoms with E-state index >= 15 is 0 Å². The fraction of sp³-hybridized carbons (Fsp3) is 0.533. The minimum Gasteiger partial charge on any atom is -0.349 e. The summed E-state index contributed by atoms with van der Waals surface area (Å²) in [7, 11) is 0. The predicted molar refractivity (Wildman–Crippen MR) is 72.8 cm³/mol. The molecule has 0 spiro atoms. The van der Waals surface area contributed by atoms with Crippen LogP contribution in [0.25, 0.3) is 0 Å². The first-order valence-corrected chi connectivity index (χ1v) is 7.21. The van der Waals surface area contributed by atoms with E-state index in [9.17, 15) is 4.79 Å². The fourth-order valence-electron chi connectivity index (χ4n) is 2.73. The number of amides is 1. The Bertz CT molecular complexity index is 467. The van der Waals surface area contributed by atoms with Gasteiger partial charge in [-0.05, 0) is 43.2 Å². The molecule has 2 nitrogen and oxygen atoms in total. The molecule has 1 atom stereocenters. The van der Waals surface area contributed by atoms with Crippen molar-refractivity contribution in [2.24, 2.45) is 5.92 Å². The van der Waals surface area contributed by atoms with Gasteiger partial charge >= 0.3 is 0 Å². The summed E-state index contributed by atoms with van der Waals surface area (Å²) in [6.07, 6.45) is 4.92. The Balaban J connectivity index is 1.67. The maximum atomic E-state index is 12.3. The number of fused-ring (bicyclic) bond motifs is 1. The number of hydrogen-bond acceptors (Lipinski definition) is 1. The summed E-state index contributed by atoms with van der Waals surface area (Å²) >= 11 is 5.91. The first-order valence-electron chi connectivity index (χ1n) is 6.67. The molecule has 1 fully saturated rings. The second-order valence-corrected chi connectivity index (χ2v) is 5.88. The van der Waals surface area contributed by atoms with E-state index in [1.165, 1.54) is 11.1 Å². The number of carbonyl (C=O) groups is 1. The molecule has 96 valence electrons. The van der Waals surface area contributed by atoms with Crippen LogP contribution in [0.2, 0.25) is 0 Å². The maximum Gasteiger partial charge on any atom is 0.223 e. The average molecular weight is 264 g/mol. The van der Waals surface area contributed by atoms with Gasteiger partial charge in [-0.3, -0.25) is 4.79 Å². The zero-order valence-electron chi connectivity index (χ0n) is 10.4. The lowest BCUT2D eigenvalue weighted by Crippen LogP contribution is -2.43. The van der Waals surface area contributed by atoms with Gasteiger partial charge < -0.3 is 5.32 Å². The van der Waals surface area contributed by atoms with Gasteiger partial charge in [0.1, 0.15) is 0 Å². The monoisotopic (exact) mass is 263 g/mol. The van der Waals surface area contributed by atoms with E-state index in [1.807, 2.05) is 0 Å². The lowest BCUT2D eigenvalue weighted by Gasteiger charge is -2.25. The number of nitrogens with one attached hydrogen (secondary N) is 1. The van der Waals surface area contributed by atoms with Crippen molar-refractivity contribution in [1.82, 2.24) is 5.32 Å². The van der Waals surface area contributed by atoms with Crippen LogP contribution in [0.15, 0.2) is 24.3 Å². The van der Waals surface area contributed by atoms with E-state index < -0.39 is 0 Å². The highest BCUT2D eigenvalue weighted by Gasteiger charge is 2.44. The van der Waals surface area contributed by atoms with Gasteiger partial charge in [0.15, 0.2) is 0 Å². The maximum absolute atomic E-state index is 12.3. The smallest absolute Gasteiger partial charge is 0.223 e. The molecule has 3 rings (SSSR count). The van der Waals surface area contributed by atoms with Crippen molar-refractivity contribution in [1.29, 1.82) is 0 Å².